The van der Waals surface area contributed by atoms with E-state index >= 15 is 0 Å². The summed E-state index contributed by atoms with van der Waals surface area (Å²) in [6.45, 7) is 13.5. The van der Waals surface area contributed by atoms with Crippen molar-refractivity contribution in [3.05, 3.63) is 0 Å². The van der Waals surface area contributed by atoms with Gasteiger partial charge >= 0.3 is 0 Å². The number of hydrogen-bond acceptors (Lipinski definition) is 3. The van der Waals surface area contributed by atoms with Crippen molar-refractivity contribution in [3.63, 3.8) is 0 Å². The summed E-state index contributed by atoms with van der Waals surface area (Å²) in [7, 11) is 0. The predicted octanol–water partition coefficient (Wildman–Crippen LogP) is 1.39. The van der Waals surface area contributed by atoms with Gasteiger partial charge in [0, 0.05) is 32.2 Å². The first-order valence-corrected chi connectivity index (χ1v) is 8.44. The third-order valence-electron chi connectivity index (χ3n) is 4.71. The molecule has 2 N–H and O–H groups in total. The van der Waals surface area contributed by atoms with Crippen LogP contribution < -0.4 is 5.73 Å². The standard InChI is InChI=1S/C16H32N4O/c1-13(2)15(19-7-9-21-10-8-19)11-18-16(17)20-6-4-5-14(3)12-20/h13-15H,4-12H2,1-3H3,(H2,17,18). The maximum atomic E-state index is 6.22. The highest BCUT2D eigenvalue weighted by molar-refractivity contribution is 5.78. The summed E-state index contributed by atoms with van der Waals surface area (Å²) in [6, 6.07) is 0.467. The maximum Gasteiger partial charge on any atom is 0.191 e. The van der Waals surface area contributed by atoms with Crippen molar-refractivity contribution in [2.75, 3.05) is 45.9 Å². The Morgan fingerprint density at radius 1 is 1.29 bits per heavy atom. The molecule has 2 fully saturated rings. The molecular weight excluding hydrogens is 264 g/mol. The Morgan fingerprint density at radius 3 is 2.62 bits per heavy atom. The number of aliphatic imine (C=N–C) groups is 1. The Balaban J connectivity index is 1.91. The number of nitrogens with two attached hydrogens (primary N) is 1. The third kappa shape index (κ3) is 4.85. The zero-order valence-electron chi connectivity index (χ0n) is 13.9. The van der Waals surface area contributed by atoms with E-state index in [1.807, 2.05) is 0 Å². The maximum absolute atomic E-state index is 6.22. The summed E-state index contributed by atoms with van der Waals surface area (Å²) in [5, 5.41) is 0. The van der Waals surface area contributed by atoms with Gasteiger partial charge in [0.25, 0.3) is 0 Å². The smallest absolute Gasteiger partial charge is 0.191 e. The number of morpholine rings is 1. The fraction of sp³-hybridized carbons (Fsp3) is 0.938. The molecule has 0 radical (unpaired) electrons. The number of likely N-dealkylation sites (tertiary alicyclic amines) is 1. The second kappa shape index (κ2) is 7.99. The highest BCUT2D eigenvalue weighted by atomic mass is 16.5. The molecule has 2 atom stereocenters. The van der Waals surface area contributed by atoms with E-state index in [0.29, 0.717) is 12.0 Å². The van der Waals surface area contributed by atoms with Crippen LogP contribution in [0.15, 0.2) is 4.99 Å². The Bertz CT molecular complexity index is 339. The molecular formula is C16H32N4O. The molecule has 2 aliphatic heterocycles. The minimum absolute atomic E-state index is 0.467. The minimum Gasteiger partial charge on any atom is -0.379 e. The number of guanidine groups is 1. The van der Waals surface area contributed by atoms with Crippen LogP contribution in [-0.4, -0.2) is 67.7 Å². The van der Waals surface area contributed by atoms with Crippen molar-refractivity contribution < 1.29 is 4.74 Å². The molecule has 0 bridgehead atoms. The van der Waals surface area contributed by atoms with E-state index < -0.39 is 0 Å². The van der Waals surface area contributed by atoms with E-state index in [1.165, 1.54) is 12.8 Å². The van der Waals surface area contributed by atoms with E-state index in [2.05, 4.69) is 30.6 Å². The van der Waals surface area contributed by atoms with Gasteiger partial charge in [-0.3, -0.25) is 9.89 Å². The van der Waals surface area contributed by atoms with E-state index in [4.69, 9.17) is 15.5 Å². The van der Waals surface area contributed by atoms with Crippen LogP contribution in [0.3, 0.4) is 0 Å². The van der Waals surface area contributed by atoms with Gasteiger partial charge in [-0.2, -0.15) is 0 Å². The van der Waals surface area contributed by atoms with Gasteiger partial charge in [0.05, 0.1) is 19.8 Å². The van der Waals surface area contributed by atoms with Gasteiger partial charge in [0.2, 0.25) is 0 Å². The summed E-state index contributed by atoms with van der Waals surface area (Å²) < 4.78 is 5.45. The Kier molecular flexibility index (Phi) is 6.30. The van der Waals surface area contributed by atoms with Crippen LogP contribution in [-0.2, 0) is 4.74 Å². The molecule has 21 heavy (non-hydrogen) atoms. The van der Waals surface area contributed by atoms with Gasteiger partial charge < -0.3 is 15.4 Å². The summed E-state index contributed by atoms with van der Waals surface area (Å²) in [5.74, 6) is 2.05. The van der Waals surface area contributed by atoms with Gasteiger partial charge in [-0.15, -0.1) is 0 Å². The highest BCUT2D eigenvalue weighted by Crippen LogP contribution is 2.16. The number of rotatable bonds is 4. The number of hydrogen-bond donors (Lipinski definition) is 1. The summed E-state index contributed by atoms with van der Waals surface area (Å²) in [5.41, 5.74) is 6.22. The summed E-state index contributed by atoms with van der Waals surface area (Å²) in [4.78, 5) is 9.48. The average molecular weight is 296 g/mol. The quantitative estimate of drug-likeness (QED) is 0.629. The first-order valence-electron chi connectivity index (χ1n) is 8.44. The van der Waals surface area contributed by atoms with E-state index in [9.17, 15) is 0 Å². The van der Waals surface area contributed by atoms with Crippen molar-refractivity contribution in [1.82, 2.24) is 9.80 Å². The van der Waals surface area contributed by atoms with E-state index in [1.54, 1.807) is 0 Å². The van der Waals surface area contributed by atoms with Crippen LogP contribution in [0.25, 0.3) is 0 Å². The van der Waals surface area contributed by atoms with Gasteiger partial charge in [-0.1, -0.05) is 20.8 Å². The second-order valence-corrected chi connectivity index (χ2v) is 6.85. The lowest BCUT2D eigenvalue weighted by atomic mass is 10.0. The normalized spacial score (nSPS) is 27.1. The van der Waals surface area contributed by atoms with Crippen molar-refractivity contribution in [3.8, 4) is 0 Å². The fourth-order valence-corrected chi connectivity index (χ4v) is 3.34. The van der Waals surface area contributed by atoms with Gasteiger partial charge in [0.1, 0.15) is 0 Å². The van der Waals surface area contributed by atoms with E-state index in [-0.39, 0.29) is 0 Å². The number of ether oxygens (including phenoxy) is 1. The highest BCUT2D eigenvalue weighted by Gasteiger charge is 2.24. The zero-order chi connectivity index (χ0) is 15.2. The van der Waals surface area contributed by atoms with Crippen LogP contribution in [0, 0.1) is 11.8 Å². The molecule has 5 nitrogen and oxygen atoms in total. The van der Waals surface area contributed by atoms with Crippen molar-refractivity contribution >= 4 is 5.96 Å². The zero-order valence-corrected chi connectivity index (χ0v) is 13.9. The topological polar surface area (TPSA) is 54.1 Å². The molecule has 0 aromatic heterocycles. The number of piperidine rings is 1. The first-order chi connectivity index (χ1) is 10.1. The van der Waals surface area contributed by atoms with Gasteiger partial charge in [-0.05, 0) is 24.7 Å². The van der Waals surface area contributed by atoms with E-state index in [0.717, 1.165) is 57.8 Å². The average Bonchev–Trinajstić information content (AvgIpc) is 2.48. The molecule has 2 heterocycles. The molecule has 0 saturated carbocycles. The Morgan fingerprint density at radius 2 is 2.00 bits per heavy atom. The summed E-state index contributed by atoms with van der Waals surface area (Å²) >= 11 is 0. The molecule has 122 valence electrons. The lowest BCUT2D eigenvalue weighted by Gasteiger charge is -2.36. The molecule has 2 unspecified atom stereocenters. The minimum atomic E-state index is 0.467. The van der Waals surface area contributed by atoms with Gasteiger partial charge in [0.15, 0.2) is 5.96 Å². The Labute approximate surface area is 129 Å². The molecule has 0 amide bonds. The van der Waals surface area contributed by atoms with Crippen LogP contribution in [0.5, 0.6) is 0 Å². The van der Waals surface area contributed by atoms with Crippen molar-refractivity contribution in [2.24, 2.45) is 22.6 Å². The molecule has 2 saturated heterocycles. The Hall–Kier alpha value is -0.810. The number of nitrogens with zero attached hydrogens (tertiary/aromatic N) is 3. The molecule has 0 spiro atoms. The fourth-order valence-electron chi connectivity index (χ4n) is 3.34. The van der Waals surface area contributed by atoms with Crippen molar-refractivity contribution in [2.45, 2.75) is 39.7 Å². The second-order valence-electron chi connectivity index (χ2n) is 6.85. The van der Waals surface area contributed by atoms with Gasteiger partial charge in [-0.25, -0.2) is 0 Å². The lowest BCUT2D eigenvalue weighted by molar-refractivity contribution is 0.00863. The SMILES string of the molecule is CC1CCCN(C(N)=NCC(C(C)C)N2CCOCC2)C1. The molecule has 0 aromatic rings. The molecule has 0 aliphatic carbocycles. The van der Waals surface area contributed by atoms with Crippen LogP contribution in [0.1, 0.15) is 33.6 Å². The first kappa shape index (κ1) is 16.6. The largest absolute Gasteiger partial charge is 0.379 e. The predicted molar refractivity (Wildman–Crippen MR) is 87.5 cm³/mol. The monoisotopic (exact) mass is 296 g/mol. The van der Waals surface area contributed by atoms with Crippen molar-refractivity contribution in [1.29, 1.82) is 0 Å². The summed E-state index contributed by atoms with van der Waals surface area (Å²) in [6.07, 6.45) is 2.54. The molecule has 2 rings (SSSR count). The van der Waals surface area contributed by atoms with Crippen LogP contribution >= 0.6 is 0 Å². The third-order valence-corrected chi connectivity index (χ3v) is 4.71. The lowest BCUT2D eigenvalue weighted by Crippen LogP contribution is -2.48. The van der Waals surface area contributed by atoms with Crippen LogP contribution in [0.4, 0.5) is 0 Å². The molecule has 5 heteroatoms. The van der Waals surface area contributed by atoms with Crippen LogP contribution in [0.2, 0.25) is 0 Å². The molecule has 0 aromatic carbocycles. The molecule has 2 aliphatic rings.